The molecule has 24 heavy (non-hydrogen) atoms. The lowest BCUT2D eigenvalue weighted by atomic mass is 9.93. The van der Waals surface area contributed by atoms with Crippen molar-refractivity contribution < 1.29 is 32.6 Å². The van der Waals surface area contributed by atoms with Gasteiger partial charge in [0.1, 0.15) is 11.6 Å². The summed E-state index contributed by atoms with van der Waals surface area (Å²) in [5, 5.41) is 8.74. The molecule has 132 valence electrons. The third kappa shape index (κ3) is 4.87. The van der Waals surface area contributed by atoms with Crippen LogP contribution in [0.5, 0.6) is 5.75 Å². The summed E-state index contributed by atoms with van der Waals surface area (Å²) < 4.78 is 42.4. The van der Waals surface area contributed by atoms with E-state index in [0.717, 1.165) is 24.6 Å². The lowest BCUT2D eigenvalue weighted by Crippen LogP contribution is -2.40. The third-order valence-corrected chi connectivity index (χ3v) is 3.96. The molecular weight excluding hydrogens is 327 g/mol. The Bertz CT molecular complexity index is 609. The normalized spacial score (nSPS) is 17.8. The van der Waals surface area contributed by atoms with Crippen LogP contribution in [0.15, 0.2) is 18.2 Å². The van der Waals surface area contributed by atoms with Crippen LogP contribution in [0, 0.1) is 11.7 Å². The average molecular weight is 345 g/mol. The van der Waals surface area contributed by atoms with Gasteiger partial charge in [-0.05, 0) is 37.3 Å². The number of ether oxygens (including phenoxy) is 1. The second-order valence-electron chi connectivity index (χ2n) is 5.71. The zero-order chi connectivity index (χ0) is 17.7. The predicted molar refractivity (Wildman–Crippen MR) is 78.5 cm³/mol. The molecule has 1 saturated heterocycles. The van der Waals surface area contributed by atoms with Crippen LogP contribution in [0.25, 0.3) is 0 Å². The van der Waals surface area contributed by atoms with E-state index < -0.39 is 30.1 Å². The number of carbonyl (C=O) groups excluding carboxylic acids is 1. The summed E-state index contributed by atoms with van der Waals surface area (Å²) in [5.41, 5.74) is -0.129. The number of benzene rings is 1. The van der Waals surface area contributed by atoms with E-state index in [4.69, 9.17) is 5.11 Å². The zero-order valence-electron chi connectivity index (χ0n) is 12.9. The number of carboxylic acids is 1. The molecule has 0 spiro atoms. The first-order valence-corrected chi connectivity index (χ1v) is 7.62. The minimum Gasteiger partial charge on any atom is -0.481 e. The molecule has 2 rings (SSSR count). The second-order valence-corrected chi connectivity index (χ2v) is 5.71. The van der Waals surface area contributed by atoms with Crippen molar-refractivity contribution >= 4 is 11.9 Å². The number of aliphatic carboxylic acids is 1. The Morgan fingerprint density at radius 3 is 2.79 bits per heavy atom. The number of nitrogens with zero attached hydrogens (tertiary/aromatic N) is 1. The zero-order valence-corrected chi connectivity index (χ0v) is 12.9. The first-order valence-electron chi connectivity index (χ1n) is 7.62. The highest BCUT2D eigenvalue weighted by atomic mass is 19.3. The molecule has 8 heteroatoms. The molecule has 1 aromatic rings. The molecule has 0 bridgehead atoms. The quantitative estimate of drug-likeness (QED) is 0.860. The fourth-order valence-electron chi connectivity index (χ4n) is 2.85. The number of hydrogen-bond donors (Lipinski definition) is 1. The van der Waals surface area contributed by atoms with Crippen LogP contribution in [0.2, 0.25) is 0 Å². The topological polar surface area (TPSA) is 66.8 Å². The molecule has 1 amide bonds. The summed E-state index contributed by atoms with van der Waals surface area (Å²) in [6.45, 7) is -2.38. The molecule has 5 nitrogen and oxygen atoms in total. The summed E-state index contributed by atoms with van der Waals surface area (Å²) in [7, 11) is 0. The number of amides is 1. The Morgan fingerprint density at radius 2 is 2.12 bits per heavy atom. The van der Waals surface area contributed by atoms with Crippen LogP contribution in [0.4, 0.5) is 13.2 Å². The lowest BCUT2D eigenvalue weighted by Gasteiger charge is -2.33. The molecule has 1 N–H and O–H groups in total. The van der Waals surface area contributed by atoms with Crippen molar-refractivity contribution in [3.63, 3.8) is 0 Å². The van der Waals surface area contributed by atoms with Crippen molar-refractivity contribution in [2.45, 2.75) is 32.3 Å². The smallest absolute Gasteiger partial charge is 0.387 e. The maximum atomic E-state index is 13.2. The van der Waals surface area contributed by atoms with Crippen LogP contribution in [0.1, 0.15) is 36.0 Å². The van der Waals surface area contributed by atoms with Gasteiger partial charge in [-0.1, -0.05) is 0 Å². The van der Waals surface area contributed by atoms with Gasteiger partial charge in [-0.15, -0.1) is 0 Å². The van der Waals surface area contributed by atoms with E-state index >= 15 is 0 Å². The first-order chi connectivity index (χ1) is 11.4. The summed E-state index contributed by atoms with van der Waals surface area (Å²) in [4.78, 5) is 24.7. The SMILES string of the molecule is O=C(O)CCC1CCCN(C(=O)c2ccc(F)cc2OC(F)F)C1. The number of rotatable bonds is 6. The summed E-state index contributed by atoms with van der Waals surface area (Å²) in [6.07, 6.45) is 1.97. The van der Waals surface area contributed by atoms with Gasteiger partial charge in [0.2, 0.25) is 0 Å². The number of hydrogen-bond acceptors (Lipinski definition) is 3. The molecule has 1 unspecified atom stereocenters. The van der Waals surface area contributed by atoms with E-state index in [1.807, 2.05) is 0 Å². The molecule has 1 aliphatic rings. The number of carboxylic acid groups (broad SMARTS) is 1. The van der Waals surface area contributed by atoms with Crippen molar-refractivity contribution in [2.75, 3.05) is 13.1 Å². The van der Waals surface area contributed by atoms with Gasteiger partial charge in [0.25, 0.3) is 5.91 Å². The number of likely N-dealkylation sites (tertiary alicyclic amines) is 1. The fourth-order valence-corrected chi connectivity index (χ4v) is 2.85. The number of piperidine rings is 1. The van der Waals surface area contributed by atoms with Gasteiger partial charge >= 0.3 is 12.6 Å². The van der Waals surface area contributed by atoms with Crippen molar-refractivity contribution in [3.05, 3.63) is 29.6 Å². The van der Waals surface area contributed by atoms with Crippen molar-refractivity contribution in [3.8, 4) is 5.75 Å². The van der Waals surface area contributed by atoms with Gasteiger partial charge in [-0.2, -0.15) is 8.78 Å². The molecule has 0 saturated carbocycles. The van der Waals surface area contributed by atoms with E-state index in [-0.39, 0.29) is 17.9 Å². The summed E-state index contributed by atoms with van der Waals surface area (Å²) in [6, 6.07) is 2.89. The maximum Gasteiger partial charge on any atom is 0.387 e. The highest BCUT2D eigenvalue weighted by Crippen LogP contribution is 2.27. The Balaban J connectivity index is 2.11. The predicted octanol–water partition coefficient (Wildman–Crippen LogP) is 3.14. The van der Waals surface area contributed by atoms with Gasteiger partial charge in [-0.3, -0.25) is 9.59 Å². The standard InChI is InChI=1S/C16H18F3NO4/c17-11-4-5-12(13(8-11)24-16(18)19)15(23)20-7-1-2-10(9-20)3-6-14(21)22/h4-5,8,10,16H,1-3,6-7,9H2,(H,21,22). The molecule has 1 aromatic carbocycles. The summed E-state index contributed by atoms with van der Waals surface area (Å²) in [5.74, 6) is -2.66. The molecule has 0 radical (unpaired) electrons. The highest BCUT2D eigenvalue weighted by Gasteiger charge is 2.27. The Kier molecular flexibility index (Phi) is 6.05. The molecule has 0 aliphatic carbocycles. The minimum atomic E-state index is -3.16. The van der Waals surface area contributed by atoms with Gasteiger partial charge in [-0.25, -0.2) is 4.39 Å². The molecule has 1 atom stereocenters. The van der Waals surface area contributed by atoms with Crippen LogP contribution in [0.3, 0.4) is 0 Å². The number of alkyl halides is 2. The molecule has 0 aromatic heterocycles. The van der Waals surface area contributed by atoms with Crippen molar-refractivity contribution in [2.24, 2.45) is 5.92 Å². The molecule has 1 fully saturated rings. The van der Waals surface area contributed by atoms with E-state index in [2.05, 4.69) is 4.74 Å². The van der Waals surface area contributed by atoms with Gasteiger partial charge in [0, 0.05) is 25.6 Å². The Labute approximate surface area is 137 Å². The van der Waals surface area contributed by atoms with E-state index in [9.17, 15) is 22.8 Å². The van der Waals surface area contributed by atoms with Crippen LogP contribution < -0.4 is 4.74 Å². The van der Waals surface area contributed by atoms with Crippen LogP contribution in [-0.2, 0) is 4.79 Å². The molecule has 1 heterocycles. The lowest BCUT2D eigenvalue weighted by molar-refractivity contribution is -0.137. The second kappa shape index (κ2) is 8.03. The first kappa shape index (κ1) is 18.1. The van der Waals surface area contributed by atoms with Gasteiger partial charge < -0.3 is 14.7 Å². The van der Waals surface area contributed by atoms with Gasteiger partial charge in [0.15, 0.2) is 0 Å². The third-order valence-electron chi connectivity index (χ3n) is 3.96. The maximum absolute atomic E-state index is 13.2. The van der Waals surface area contributed by atoms with Crippen molar-refractivity contribution in [1.82, 2.24) is 4.90 Å². The Hall–Kier alpha value is -2.25. The average Bonchev–Trinajstić information content (AvgIpc) is 2.52. The van der Waals surface area contributed by atoms with Crippen molar-refractivity contribution in [1.29, 1.82) is 0 Å². The number of halogens is 3. The Morgan fingerprint density at radius 1 is 1.38 bits per heavy atom. The van der Waals surface area contributed by atoms with Crippen LogP contribution >= 0.6 is 0 Å². The highest BCUT2D eigenvalue weighted by molar-refractivity contribution is 5.97. The largest absolute Gasteiger partial charge is 0.481 e. The minimum absolute atomic E-state index is 0.0169. The van der Waals surface area contributed by atoms with Gasteiger partial charge in [0.05, 0.1) is 5.56 Å². The molecular formula is C16H18F3NO4. The van der Waals surface area contributed by atoms with E-state index in [0.29, 0.717) is 25.9 Å². The monoisotopic (exact) mass is 345 g/mol. The van der Waals surface area contributed by atoms with E-state index in [1.165, 1.54) is 4.90 Å². The fraction of sp³-hybridized carbons (Fsp3) is 0.500. The number of carbonyl (C=O) groups is 2. The molecule has 1 aliphatic heterocycles. The summed E-state index contributed by atoms with van der Waals surface area (Å²) >= 11 is 0. The van der Waals surface area contributed by atoms with E-state index in [1.54, 1.807) is 0 Å². The van der Waals surface area contributed by atoms with Crippen LogP contribution in [-0.4, -0.2) is 41.6 Å².